The number of aromatic nitrogens is 1. The molecule has 148 valence electrons. The number of hydrogen-bond acceptors (Lipinski definition) is 6. The van der Waals surface area contributed by atoms with Gasteiger partial charge in [-0.2, -0.15) is 0 Å². The van der Waals surface area contributed by atoms with Gasteiger partial charge in [0.1, 0.15) is 5.01 Å². The Morgan fingerprint density at radius 3 is 2.54 bits per heavy atom. The van der Waals surface area contributed by atoms with Crippen molar-refractivity contribution in [3.05, 3.63) is 59.1 Å². The van der Waals surface area contributed by atoms with Crippen molar-refractivity contribution in [3.8, 4) is 0 Å². The Bertz CT molecular complexity index is 1080. The van der Waals surface area contributed by atoms with Crippen LogP contribution in [0.3, 0.4) is 0 Å². The average Bonchev–Trinajstić information content (AvgIpc) is 3.15. The van der Waals surface area contributed by atoms with Gasteiger partial charge in [0.05, 0.1) is 28.3 Å². The predicted molar refractivity (Wildman–Crippen MR) is 109 cm³/mol. The highest BCUT2D eigenvalue weighted by Crippen LogP contribution is 2.29. The van der Waals surface area contributed by atoms with E-state index < -0.39 is 10.0 Å². The van der Waals surface area contributed by atoms with Gasteiger partial charge in [0.2, 0.25) is 0 Å². The summed E-state index contributed by atoms with van der Waals surface area (Å²) in [5.74, 6) is -0.288. The van der Waals surface area contributed by atoms with Crippen LogP contribution >= 0.6 is 11.3 Å². The Hall–Kier alpha value is -2.33. The van der Waals surface area contributed by atoms with Crippen LogP contribution in [0.5, 0.6) is 0 Å². The topological polar surface area (TPSA) is 79.8 Å². The molecular weight excluding hydrogens is 398 g/mol. The second-order valence-electron chi connectivity index (χ2n) is 6.24. The Morgan fingerprint density at radius 1 is 1.14 bits per heavy atom. The van der Waals surface area contributed by atoms with E-state index in [0.29, 0.717) is 0 Å². The summed E-state index contributed by atoms with van der Waals surface area (Å²) in [4.78, 5) is 23.9. The molecule has 0 saturated heterocycles. The first-order valence-corrected chi connectivity index (χ1v) is 10.8. The van der Waals surface area contributed by atoms with E-state index in [1.807, 2.05) is 31.2 Å². The zero-order valence-corrected chi connectivity index (χ0v) is 17.6. The van der Waals surface area contributed by atoms with E-state index in [-0.39, 0.29) is 22.4 Å². The molecule has 3 aromatic rings. The van der Waals surface area contributed by atoms with Gasteiger partial charge in [-0.1, -0.05) is 22.7 Å². The van der Waals surface area contributed by atoms with Crippen LogP contribution in [0.1, 0.15) is 28.3 Å². The van der Waals surface area contributed by atoms with Gasteiger partial charge in [0.25, 0.3) is 15.9 Å². The van der Waals surface area contributed by atoms with Crippen LogP contribution in [0.25, 0.3) is 10.2 Å². The van der Waals surface area contributed by atoms with Crippen LogP contribution < -0.4 is 0 Å². The number of fused-ring (bicyclic) bond motifs is 1. The molecule has 0 spiro atoms. The molecule has 1 amide bonds. The number of nitrogens with zero attached hydrogens (tertiary/aromatic N) is 3. The summed E-state index contributed by atoms with van der Waals surface area (Å²) in [5, 5.41) is 0.819. The van der Waals surface area contributed by atoms with Gasteiger partial charge in [0, 0.05) is 19.7 Å². The summed E-state index contributed by atoms with van der Waals surface area (Å²) >= 11 is 1.54. The molecule has 0 N–H and O–H groups in total. The van der Waals surface area contributed by atoms with Crippen LogP contribution in [0, 0.1) is 0 Å². The van der Waals surface area contributed by atoms with Gasteiger partial charge in [-0.3, -0.25) is 9.63 Å². The van der Waals surface area contributed by atoms with Crippen molar-refractivity contribution < 1.29 is 18.0 Å². The molecule has 0 unspecified atom stereocenters. The van der Waals surface area contributed by atoms with Crippen molar-refractivity contribution in [1.29, 1.82) is 0 Å². The van der Waals surface area contributed by atoms with E-state index in [9.17, 15) is 13.2 Å². The van der Waals surface area contributed by atoms with E-state index in [2.05, 4.69) is 4.98 Å². The second kappa shape index (κ2) is 7.96. The SMILES string of the molecule is CON(C)S(=O)(=O)c1cccc(C(=O)N(C)[C@H](C)c2nc3ccccc3s2)c1. The third-order valence-corrected chi connectivity index (χ3v) is 7.43. The Balaban J connectivity index is 1.88. The van der Waals surface area contributed by atoms with E-state index in [1.165, 1.54) is 37.6 Å². The molecule has 1 heterocycles. The molecular formula is C19H21N3O4S2. The number of benzene rings is 2. The number of para-hydroxylation sites is 1. The van der Waals surface area contributed by atoms with Gasteiger partial charge in [0.15, 0.2) is 0 Å². The number of sulfonamides is 1. The minimum absolute atomic E-state index is 0.0104. The lowest BCUT2D eigenvalue weighted by atomic mass is 10.2. The maximum absolute atomic E-state index is 13.0. The van der Waals surface area contributed by atoms with E-state index in [4.69, 9.17) is 4.84 Å². The van der Waals surface area contributed by atoms with Crippen molar-refractivity contribution in [2.75, 3.05) is 21.2 Å². The quantitative estimate of drug-likeness (QED) is 0.573. The zero-order valence-electron chi connectivity index (χ0n) is 16.0. The van der Waals surface area contributed by atoms with E-state index >= 15 is 0 Å². The number of rotatable bonds is 6. The lowest BCUT2D eigenvalue weighted by molar-refractivity contribution is -0.0258. The maximum atomic E-state index is 13.0. The fourth-order valence-corrected chi connectivity index (χ4v) is 4.73. The average molecular weight is 420 g/mol. The molecule has 7 nitrogen and oxygen atoms in total. The van der Waals surface area contributed by atoms with E-state index in [0.717, 1.165) is 19.7 Å². The molecule has 1 aromatic heterocycles. The zero-order chi connectivity index (χ0) is 20.5. The number of carbonyl (C=O) groups is 1. The fraction of sp³-hybridized carbons (Fsp3) is 0.263. The van der Waals surface area contributed by atoms with Crippen molar-refractivity contribution in [1.82, 2.24) is 14.4 Å². The molecule has 0 fully saturated rings. The smallest absolute Gasteiger partial charge is 0.264 e. The summed E-state index contributed by atoms with van der Waals surface area (Å²) in [7, 11) is 0.412. The molecule has 2 aromatic carbocycles. The van der Waals surface area contributed by atoms with Crippen molar-refractivity contribution >= 4 is 37.5 Å². The van der Waals surface area contributed by atoms with Gasteiger partial charge in [-0.15, -0.1) is 11.3 Å². The number of amides is 1. The Morgan fingerprint density at radius 2 is 1.86 bits per heavy atom. The van der Waals surface area contributed by atoms with Gasteiger partial charge in [-0.25, -0.2) is 13.4 Å². The fourth-order valence-electron chi connectivity index (χ4n) is 2.65. The number of carbonyl (C=O) groups excluding carboxylic acids is 1. The largest absolute Gasteiger partial charge is 0.333 e. The molecule has 0 bridgehead atoms. The predicted octanol–water partition coefficient (Wildman–Crippen LogP) is 3.31. The molecule has 0 aliphatic rings. The number of thiazole rings is 1. The first-order valence-electron chi connectivity index (χ1n) is 8.51. The summed E-state index contributed by atoms with van der Waals surface area (Å²) in [6.45, 7) is 1.90. The third kappa shape index (κ3) is 3.79. The van der Waals surface area contributed by atoms with Crippen molar-refractivity contribution in [3.63, 3.8) is 0 Å². The molecule has 3 rings (SSSR count). The summed E-state index contributed by atoms with van der Waals surface area (Å²) in [5.41, 5.74) is 1.17. The second-order valence-corrected chi connectivity index (χ2v) is 9.23. The minimum atomic E-state index is -3.83. The molecule has 0 aliphatic heterocycles. The Kier molecular flexibility index (Phi) is 5.80. The van der Waals surface area contributed by atoms with Crippen molar-refractivity contribution in [2.24, 2.45) is 0 Å². The molecule has 28 heavy (non-hydrogen) atoms. The monoisotopic (exact) mass is 419 g/mol. The first-order chi connectivity index (χ1) is 13.3. The molecule has 0 radical (unpaired) electrons. The normalized spacial score (nSPS) is 13.0. The van der Waals surface area contributed by atoms with Crippen LogP contribution in [0.4, 0.5) is 0 Å². The number of hydrogen-bond donors (Lipinski definition) is 0. The first kappa shape index (κ1) is 20.4. The third-order valence-electron chi connectivity index (χ3n) is 4.54. The standard InChI is InChI=1S/C19H21N3O4S2/c1-13(18-20-16-10-5-6-11-17(16)27-18)21(2)19(23)14-8-7-9-15(12-14)28(24,25)22(3)26-4/h5-13H,1-4H3/t13-/m1/s1. The molecule has 9 heteroatoms. The highest BCUT2D eigenvalue weighted by atomic mass is 32.2. The summed E-state index contributed by atoms with van der Waals surface area (Å²) in [6.07, 6.45) is 0. The van der Waals surface area contributed by atoms with E-state index in [1.54, 1.807) is 24.1 Å². The lowest BCUT2D eigenvalue weighted by Gasteiger charge is -2.23. The minimum Gasteiger partial charge on any atom is -0.333 e. The summed E-state index contributed by atoms with van der Waals surface area (Å²) < 4.78 is 26.7. The van der Waals surface area contributed by atoms with Gasteiger partial charge < -0.3 is 4.90 Å². The highest BCUT2D eigenvalue weighted by molar-refractivity contribution is 7.89. The summed E-state index contributed by atoms with van der Waals surface area (Å²) in [6, 6.07) is 13.5. The van der Waals surface area contributed by atoms with Crippen molar-refractivity contribution in [2.45, 2.75) is 17.9 Å². The van der Waals surface area contributed by atoms with Gasteiger partial charge in [-0.05, 0) is 37.3 Å². The number of hydroxylamine groups is 1. The van der Waals surface area contributed by atoms with Crippen LogP contribution in [-0.4, -0.2) is 49.9 Å². The van der Waals surface area contributed by atoms with Crippen LogP contribution in [-0.2, 0) is 14.9 Å². The highest BCUT2D eigenvalue weighted by Gasteiger charge is 2.25. The lowest BCUT2D eigenvalue weighted by Crippen LogP contribution is -2.30. The van der Waals surface area contributed by atoms with Crippen LogP contribution in [0.2, 0.25) is 0 Å². The molecule has 1 atom stereocenters. The Labute approximate surface area is 168 Å². The molecule has 0 aliphatic carbocycles. The molecule has 0 saturated carbocycles. The van der Waals surface area contributed by atoms with Crippen LogP contribution in [0.15, 0.2) is 53.4 Å². The maximum Gasteiger partial charge on any atom is 0.264 e. The van der Waals surface area contributed by atoms with Gasteiger partial charge >= 0.3 is 0 Å².